The summed E-state index contributed by atoms with van der Waals surface area (Å²) in [5, 5.41) is 15.2. The van der Waals surface area contributed by atoms with E-state index in [1.54, 1.807) is 0 Å². The highest BCUT2D eigenvalue weighted by molar-refractivity contribution is 6.38. The fraction of sp³-hybridized carbons (Fsp3) is 0.750. The fourth-order valence-corrected chi connectivity index (χ4v) is 2.96. The SMILES string of the molecule is N#CC1C(Cl)C(Cl)C(Cl)C(Cl)C1C#N. The molecule has 0 heterocycles. The molecule has 1 aliphatic carbocycles. The van der Waals surface area contributed by atoms with Crippen LogP contribution in [0, 0.1) is 34.5 Å². The van der Waals surface area contributed by atoms with Crippen LogP contribution in [0.2, 0.25) is 0 Å². The number of hydrogen-bond donors (Lipinski definition) is 0. The van der Waals surface area contributed by atoms with E-state index < -0.39 is 33.3 Å². The summed E-state index contributed by atoms with van der Waals surface area (Å²) < 4.78 is 0. The molecule has 0 aliphatic heterocycles. The normalized spacial score (nSPS) is 47.9. The quantitative estimate of drug-likeness (QED) is 0.636. The van der Waals surface area contributed by atoms with Crippen LogP contribution in [0.25, 0.3) is 0 Å². The lowest BCUT2D eigenvalue weighted by Crippen LogP contribution is -2.49. The van der Waals surface area contributed by atoms with E-state index in [1.165, 1.54) is 0 Å². The van der Waals surface area contributed by atoms with Gasteiger partial charge in [-0.25, -0.2) is 0 Å². The molecular weight excluding hydrogens is 266 g/mol. The first-order valence-electron chi connectivity index (χ1n) is 3.90. The van der Waals surface area contributed by atoms with Crippen molar-refractivity contribution in [2.45, 2.75) is 21.5 Å². The number of rotatable bonds is 0. The van der Waals surface area contributed by atoms with Crippen molar-refractivity contribution in [2.75, 3.05) is 0 Å². The van der Waals surface area contributed by atoms with Crippen LogP contribution in [-0.4, -0.2) is 21.5 Å². The number of alkyl halides is 4. The molecule has 6 unspecified atom stereocenters. The summed E-state index contributed by atoms with van der Waals surface area (Å²) >= 11 is 23.6. The van der Waals surface area contributed by atoms with E-state index in [-0.39, 0.29) is 0 Å². The third kappa shape index (κ3) is 1.90. The van der Waals surface area contributed by atoms with E-state index in [2.05, 4.69) is 0 Å². The maximum atomic E-state index is 8.84. The van der Waals surface area contributed by atoms with Crippen molar-refractivity contribution in [1.82, 2.24) is 0 Å². The Balaban J connectivity index is 2.98. The number of hydrogen-bond acceptors (Lipinski definition) is 2. The second-order valence-electron chi connectivity index (χ2n) is 3.09. The van der Waals surface area contributed by atoms with Crippen LogP contribution in [-0.2, 0) is 0 Å². The van der Waals surface area contributed by atoms with Gasteiger partial charge in [-0.1, -0.05) is 0 Å². The average Bonchev–Trinajstić information content (AvgIpc) is 2.20. The molecule has 0 saturated heterocycles. The summed E-state index contributed by atoms with van der Waals surface area (Å²) in [5.41, 5.74) is 0. The van der Waals surface area contributed by atoms with Gasteiger partial charge in [-0.2, -0.15) is 10.5 Å². The van der Waals surface area contributed by atoms with E-state index in [0.717, 1.165) is 0 Å². The zero-order valence-electron chi connectivity index (χ0n) is 6.87. The predicted molar refractivity (Wildman–Crippen MR) is 56.8 cm³/mol. The van der Waals surface area contributed by atoms with E-state index in [0.29, 0.717) is 0 Å². The van der Waals surface area contributed by atoms with Crippen LogP contribution in [0.1, 0.15) is 0 Å². The zero-order chi connectivity index (χ0) is 10.9. The Labute approximate surface area is 102 Å². The summed E-state index contributed by atoms with van der Waals surface area (Å²) in [6.07, 6.45) is 0. The monoisotopic (exact) mass is 270 g/mol. The molecule has 14 heavy (non-hydrogen) atoms. The van der Waals surface area contributed by atoms with Gasteiger partial charge in [0.05, 0.1) is 45.5 Å². The van der Waals surface area contributed by atoms with Crippen LogP contribution in [0.5, 0.6) is 0 Å². The number of nitriles is 2. The van der Waals surface area contributed by atoms with E-state index >= 15 is 0 Å². The number of halogens is 4. The van der Waals surface area contributed by atoms with Crippen LogP contribution < -0.4 is 0 Å². The predicted octanol–water partition coefficient (Wildman–Crippen LogP) is 2.71. The summed E-state index contributed by atoms with van der Waals surface area (Å²) in [6, 6.07) is 3.91. The summed E-state index contributed by atoms with van der Waals surface area (Å²) in [4.78, 5) is 0. The number of nitrogens with zero attached hydrogens (tertiary/aromatic N) is 2. The molecule has 2 nitrogen and oxygen atoms in total. The second-order valence-corrected chi connectivity index (χ2v) is 5.10. The Morgan fingerprint density at radius 2 is 0.929 bits per heavy atom. The molecule has 0 radical (unpaired) electrons. The average molecular weight is 272 g/mol. The Morgan fingerprint density at radius 1 is 0.643 bits per heavy atom. The molecule has 1 saturated carbocycles. The Morgan fingerprint density at radius 3 is 1.14 bits per heavy atom. The Kier molecular flexibility index (Phi) is 4.16. The van der Waals surface area contributed by atoms with Gasteiger partial charge in [-0.05, 0) is 0 Å². The van der Waals surface area contributed by atoms with Gasteiger partial charge in [0.15, 0.2) is 0 Å². The maximum Gasteiger partial charge on any atom is 0.0815 e. The molecule has 1 fully saturated rings. The van der Waals surface area contributed by atoms with Gasteiger partial charge in [0.1, 0.15) is 0 Å². The molecule has 0 N–H and O–H groups in total. The fourth-order valence-electron chi connectivity index (χ4n) is 1.45. The van der Waals surface area contributed by atoms with E-state index in [1.807, 2.05) is 12.1 Å². The molecule has 0 bridgehead atoms. The van der Waals surface area contributed by atoms with Gasteiger partial charge in [-0.3, -0.25) is 0 Å². The topological polar surface area (TPSA) is 47.6 Å². The molecule has 76 valence electrons. The maximum absolute atomic E-state index is 8.84. The minimum atomic E-state index is -0.665. The minimum Gasteiger partial charge on any atom is -0.198 e. The zero-order valence-corrected chi connectivity index (χ0v) is 9.89. The third-order valence-corrected chi connectivity index (χ3v) is 4.84. The minimum absolute atomic E-state index is 0.588. The van der Waals surface area contributed by atoms with Crippen molar-refractivity contribution >= 4 is 46.4 Å². The molecule has 0 aromatic heterocycles. The first kappa shape index (κ1) is 12.2. The van der Waals surface area contributed by atoms with Crippen molar-refractivity contribution < 1.29 is 0 Å². The highest BCUT2D eigenvalue weighted by Gasteiger charge is 2.48. The highest BCUT2D eigenvalue weighted by Crippen LogP contribution is 2.41. The lowest BCUT2D eigenvalue weighted by Gasteiger charge is -2.37. The lowest BCUT2D eigenvalue weighted by atomic mass is 9.79. The van der Waals surface area contributed by atoms with Crippen LogP contribution >= 0.6 is 46.4 Å². The molecule has 1 rings (SSSR count). The molecule has 0 spiro atoms. The largest absolute Gasteiger partial charge is 0.198 e. The Bertz CT molecular complexity index is 265. The van der Waals surface area contributed by atoms with Gasteiger partial charge in [0, 0.05) is 0 Å². The van der Waals surface area contributed by atoms with Crippen molar-refractivity contribution in [3.63, 3.8) is 0 Å². The van der Waals surface area contributed by atoms with Crippen molar-refractivity contribution in [3.8, 4) is 12.1 Å². The lowest BCUT2D eigenvalue weighted by molar-refractivity contribution is 0.374. The molecule has 0 amide bonds. The molecule has 6 heteroatoms. The molecular formula is C8H6Cl4N2. The molecule has 1 aliphatic rings. The summed E-state index contributed by atoms with van der Waals surface area (Å²) in [6.45, 7) is 0. The second kappa shape index (κ2) is 4.77. The molecule has 0 aromatic rings. The smallest absolute Gasteiger partial charge is 0.0815 e. The van der Waals surface area contributed by atoms with Gasteiger partial charge in [-0.15, -0.1) is 46.4 Å². The standard InChI is InChI=1S/C8H6Cl4N2/c9-5-3(1-13)4(2-14)6(10)8(12)7(5)11/h3-8H. The first-order valence-corrected chi connectivity index (χ1v) is 5.64. The van der Waals surface area contributed by atoms with Crippen molar-refractivity contribution in [2.24, 2.45) is 11.8 Å². The van der Waals surface area contributed by atoms with Gasteiger partial charge < -0.3 is 0 Å². The van der Waals surface area contributed by atoms with Gasteiger partial charge in [0.2, 0.25) is 0 Å². The Hall–Kier alpha value is 0.140. The van der Waals surface area contributed by atoms with E-state index in [9.17, 15) is 0 Å². The highest BCUT2D eigenvalue weighted by atomic mass is 35.5. The third-order valence-electron chi connectivity index (χ3n) is 2.28. The van der Waals surface area contributed by atoms with Crippen molar-refractivity contribution in [3.05, 3.63) is 0 Å². The summed E-state index contributed by atoms with van der Waals surface area (Å²) in [7, 11) is 0. The van der Waals surface area contributed by atoms with Crippen LogP contribution in [0.15, 0.2) is 0 Å². The van der Waals surface area contributed by atoms with Crippen molar-refractivity contribution in [1.29, 1.82) is 10.5 Å². The first-order chi connectivity index (χ1) is 6.54. The van der Waals surface area contributed by atoms with E-state index in [4.69, 9.17) is 56.9 Å². The van der Waals surface area contributed by atoms with Crippen LogP contribution in [0.4, 0.5) is 0 Å². The van der Waals surface area contributed by atoms with Crippen LogP contribution in [0.3, 0.4) is 0 Å². The van der Waals surface area contributed by atoms with Gasteiger partial charge in [0.25, 0.3) is 0 Å². The molecule has 6 atom stereocenters. The van der Waals surface area contributed by atoms with Gasteiger partial charge >= 0.3 is 0 Å². The molecule has 0 aromatic carbocycles. The summed E-state index contributed by atoms with van der Waals surface area (Å²) in [5.74, 6) is -1.33.